The molecule has 27 rings (SSSR count). The number of thiophene rings is 3. The number of nitrogens with zero attached hydrogens (tertiary/aromatic N) is 6. The highest BCUT2D eigenvalue weighted by atomic mass is 32.1. The Morgan fingerprint density at radius 1 is 0.194 bits per heavy atom. The maximum atomic E-state index is 5.37. The second-order valence-electron chi connectivity index (χ2n) is 35.0. The van der Waals surface area contributed by atoms with Crippen LogP contribution in [0.1, 0.15) is 25.0 Å². The fraction of sp³-hybridized carbons (Fsp3) is 0.0240. The van der Waals surface area contributed by atoms with Crippen molar-refractivity contribution in [1.82, 2.24) is 29.9 Å². The summed E-state index contributed by atoms with van der Waals surface area (Å²) in [5, 5.41) is 13.8. The summed E-state index contributed by atoms with van der Waals surface area (Å²) < 4.78 is 7.93. The van der Waals surface area contributed by atoms with Crippen molar-refractivity contribution in [3.8, 4) is 134 Å². The average molecular weight is 1760 g/mol. The van der Waals surface area contributed by atoms with Crippen LogP contribution in [0.25, 0.3) is 249 Å². The molecule has 1 aliphatic rings. The third kappa shape index (κ3) is 14.2. The summed E-state index contributed by atoms with van der Waals surface area (Å²) in [7, 11) is 0. The van der Waals surface area contributed by atoms with Gasteiger partial charge in [-0.2, -0.15) is 0 Å². The number of benzene rings is 19. The van der Waals surface area contributed by atoms with Gasteiger partial charge < -0.3 is 0 Å². The van der Waals surface area contributed by atoms with Crippen LogP contribution in [0, 0.1) is 0 Å². The van der Waals surface area contributed by atoms with Gasteiger partial charge in [-0.3, -0.25) is 4.98 Å². The molecule has 0 aliphatic heterocycles. The molecule has 0 saturated heterocycles. The second kappa shape index (κ2) is 33.2. The number of hydrogen-bond acceptors (Lipinski definition) is 9. The van der Waals surface area contributed by atoms with Crippen LogP contribution in [0.15, 0.2) is 449 Å². The van der Waals surface area contributed by atoms with Crippen LogP contribution >= 0.6 is 34.0 Å². The fourth-order valence-electron chi connectivity index (χ4n) is 20.0. The fourth-order valence-corrected chi connectivity index (χ4v) is 23.4. The first-order chi connectivity index (χ1) is 66.1. The Kier molecular flexibility index (Phi) is 19.8. The van der Waals surface area contributed by atoms with E-state index in [9.17, 15) is 0 Å². The summed E-state index contributed by atoms with van der Waals surface area (Å²) in [5.41, 5.74) is 33.6. The Labute approximate surface area is 786 Å². The van der Waals surface area contributed by atoms with Crippen molar-refractivity contribution in [3.63, 3.8) is 0 Å². The molecule has 0 unspecified atom stereocenters. The van der Waals surface area contributed by atoms with Crippen LogP contribution in [0.2, 0.25) is 0 Å². The summed E-state index contributed by atoms with van der Waals surface area (Å²) in [6.07, 6.45) is 1.87. The van der Waals surface area contributed by atoms with Gasteiger partial charge in [-0.25, -0.2) is 24.9 Å². The standard InChI is InChI=1S/2C42H26N2S.C41H28N2S/c1-2-11-30(12-3-1)40-41(32-25-20-27-10-4-5-13-31(27)26-32)43-36-17-8-16-34(42(36)44-40)29-23-21-28(22-24-29)33-15-9-19-38-39(33)35-14-6-7-18-37(35)45-38;1-2-10-30(11-3-1)41-42(33-22-19-27-9-4-5-12-31(27)25-33)43-36-24-23-32(26-37(36)44-41)28-17-20-29(21-18-28)34-14-8-16-39-40(34)35-13-6-7-15-38(35)45-39;1-41(2)33-13-5-3-9-29(33)30-21-20-27(23-34(30)41)40-31-12-8-22-42-36(31)24-35(43-40)26-18-16-25(17-19-26)28-11-7-15-38-39(28)32-10-4-6-14-37(32)44-38/h2*1-26H;3-24H,1-2H3. The van der Waals surface area contributed by atoms with Gasteiger partial charge >= 0.3 is 0 Å². The van der Waals surface area contributed by atoms with Crippen molar-refractivity contribution in [2.75, 3.05) is 0 Å². The van der Waals surface area contributed by atoms with Gasteiger partial charge in [0.1, 0.15) is 0 Å². The minimum atomic E-state index is -0.0694. The molecule has 26 aromatic rings. The third-order valence-corrected chi connectivity index (χ3v) is 30.1. The highest BCUT2D eigenvalue weighted by Gasteiger charge is 2.36. The first-order valence-electron chi connectivity index (χ1n) is 45.4. The molecule has 0 saturated carbocycles. The second-order valence-corrected chi connectivity index (χ2v) is 38.2. The molecule has 0 atom stereocenters. The number of aromatic nitrogens is 6. The van der Waals surface area contributed by atoms with E-state index in [-0.39, 0.29) is 5.41 Å². The maximum absolute atomic E-state index is 5.37. The van der Waals surface area contributed by atoms with Crippen LogP contribution in [0.4, 0.5) is 0 Å². The number of fused-ring (bicyclic) bond motifs is 17. The molecular weight excluding hydrogens is 1680 g/mol. The summed E-state index contributed by atoms with van der Waals surface area (Å²) in [6.45, 7) is 4.65. The quantitative estimate of drug-likeness (QED) is 0.128. The van der Waals surface area contributed by atoms with Crippen molar-refractivity contribution in [2.45, 2.75) is 19.3 Å². The minimum Gasteiger partial charge on any atom is -0.256 e. The predicted molar refractivity (Wildman–Crippen MR) is 570 cm³/mol. The average Bonchev–Trinajstić information content (AvgIpc) is 1.56. The van der Waals surface area contributed by atoms with Gasteiger partial charge in [0.05, 0.1) is 61.7 Å². The Morgan fingerprint density at radius 2 is 0.582 bits per heavy atom. The van der Waals surface area contributed by atoms with Gasteiger partial charge in [0, 0.05) is 116 Å². The summed E-state index contributed by atoms with van der Waals surface area (Å²) in [5.74, 6) is 0. The van der Waals surface area contributed by atoms with Crippen LogP contribution in [0.5, 0.6) is 0 Å². The molecule has 134 heavy (non-hydrogen) atoms. The summed E-state index contributed by atoms with van der Waals surface area (Å²) in [6, 6.07) is 158. The first-order valence-corrected chi connectivity index (χ1v) is 47.9. The van der Waals surface area contributed by atoms with Crippen LogP contribution in [-0.2, 0) is 5.41 Å². The molecule has 19 aromatic carbocycles. The molecule has 0 N–H and O–H groups in total. The summed E-state index contributed by atoms with van der Waals surface area (Å²) in [4.78, 5) is 31.2. The molecule has 0 spiro atoms. The van der Waals surface area contributed by atoms with E-state index in [0.717, 1.165) is 123 Å². The van der Waals surface area contributed by atoms with E-state index in [1.807, 2.05) is 58.4 Å². The van der Waals surface area contributed by atoms with Crippen LogP contribution < -0.4 is 0 Å². The lowest BCUT2D eigenvalue weighted by Crippen LogP contribution is -2.14. The number of hydrogen-bond donors (Lipinski definition) is 0. The monoisotopic (exact) mass is 1760 g/mol. The zero-order chi connectivity index (χ0) is 88.9. The third-order valence-electron chi connectivity index (χ3n) is 26.7. The van der Waals surface area contributed by atoms with E-state index in [1.54, 1.807) is 0 Å². The highest BCUT2D eigenvalue weighted by molar-refractivity contribution is 7.26. The van der Waals surface area contributed by atoms with E-state index < -0.39 is 0 Å². The Morgan fingerprint density at radius 3 is 1.14 bits per heavy atom. The molecular formula is C125H80N6S3. The van der Waals surface area contributed by atoms with E-state index in [2.05, 4.69) is 438 Å². The van der Waals surface area contributed by atoms with Crippen molar-refractivity contribution in [3.05, 3.63) is 460 Å². The topological polar surface area (TPSA) is 77.3 Å². The first kappa shape index (κ1) is 79.7. The smallest absolute Gasteiger partial charge is 0.0973 e. The van der Waals surface area contributed by atoms with Crippen molar-refractivity contribution in [1.29, 1.82) is 0 Å². The van der Waals surface area contributed by atoms with Crippen LogP contribution in [0.3, 0.4) is 0 Å². The minimum absolute atomic E-state index is 0.0694. The SMILES string of the molecule is CC1(C)c2ccccc2-c2ccc(-c3nc(-c4ccc(-c5cccc6sc7ccccc7c56)cc4)cc4ncccc34)cc21.c1ccc(-c2nc3c(-c4ccc(-c5cccc6sc7ccccc7c56)cc4)cccc3nc2-c2ccc3ccccc3c2)cc1.c1ccc(-c2nc3cc(-c4ccc(-c5cccc6sc7ccccc7c56)cc4)ccc3nc2-c2ccc3ccccc3c2)cc1. The number of para-hydroxylation sites is 1. The number of rotatable bonds is 11. The molecule has 1 aliphatic carbocycles. The molecule has 6 nitrogen and oxygen atoms in total. The maximum Gasteiger partial charge on any atom is 0.0973 e. The zero-order valence-electron chi connectivity index (χ0n) is 73.1. The van der Waals surface area contributed by atoms with E-state index in [0.29, 0.717) is 0 Å². The van der Waals surface area contributed by atoms with Gasteiger partial charge in [0.15, 0.2) is 0 Å². The largest absolute Gasteiger partial charge is 0.256 e. The Bertz CT molecular complexity index is 9150. The molecule has 7 aromatic heterocycles. The zero-order valence-corrected chi connectivity index (χ0v) is 75.6. The Hall–Kier alpha value is -16.4. The van der Waals surface area contributed by atoms with E-state index in [4.69, 9.17) is 29.9 Å². The molecule has 0 fully saturated rings. The van der Waals surface area contributed by atoms with E-state index >= 15 is 0 Å². The van der Waals surface area contributed by atoms with Gasteiger partial charge in [-0.15, -0.1) is 34.0 Å². The van der Waals surface area contributed by atoms with Gasteiger partial charge in [0.25, 0.3) is 0 Å². The highest BCUT2D eigenvalue weighted by Crippen LogP contribution is 2.52. The predicted octanol–water partition coefficient (Wildman–Crippen LogP) is 34.9. The molecule has 0 amide bonds. The summed E-state index contributed by atoms with van der Waals surface area (Å²) >= 11 is 5.57. The van der Waals surface area contributed by atoms with Crippen molar-refractivity contribution >= 4 is 149 Å². The van der Waals surface area contributed by atoms with Gasteiger partial charge in [-0.05, 0) is 185 Å². The normalized spacial score (nSPS) is 12.2. The molecule has 9 heteroatoms. The lowest BCUT2D eigenvalue weighted by molar-refractivity contribution is 0.660. The molecule has 628 valence electrons. The lowest BCUT2D eigenvalue weighted by Gasteiger charge is -2.22. The van der Waals surface area contributed by atoms with Crippen molar-refractivity contribution < 1.29 is 0 Å². The lowest BCUT2D eigenvalue weighted by atomic mass is 9.82. The van der Waals surface area contributed by atoms with Crippen molar-refractivity contribution in [2.24, 2.45) is 0 Å². The molecule has 7 heterocycles. The van der Waals surface area contributed by atoms with E-state index in [1.165, 1.54) is 138 Å². The van der Waals surface area contributed by atoms with Gasteiger partial charge in [0.2, 0.25) is 0 Å². The molecule has 0 radical (unpaired) electrons. The van der Waals surface area contributed by atoms with Crippen LogP contribution in [-0.4, -0.2) is 29.9 Å². The number of pyridine rings is 2. The van der Waals surface area contributed by atoms with Gasteiger partial charge in [-0.1, -0.05) is 366 Å². The molecule has 0 bridgehead atoms. The Balaban J connectivity index is 0.000000107.